The number of carbonyl (C=O) groups is 2. The van der Waals surface area contributed by atoms with Gasteiger partial charge in [-0.1, -0.05) is 0 Å². The van der Waals surface area contributed by atoms with E-state index in [2.05, 4.69) is 4.98 Å². The molecule has 2 aliphatic heterocycles. The Hall–Kier alpha value is -1.47. The Kier molecular flexibility index (Phi) is 3.85. The van der Waals surface area contributed by atoms with E-state index in [1.807, 2.05) is 0 Å². The Balaban J connectivity index is 1.47. The molecular formula is C16H20N2O4S. The fraction of sp³-hybridized carbons (Fsp3) is 0.688. The first-order valence-corrected chi connectivity index (χ1v) is 9.04. The van der Waals surface area contributed by atoms with Gasteiger partial charge in [-0.15, -0.1) is 11.3 Å². The van der Waals surface area contributed by atoms with E-state index in [0.717, 1.165) is 37.3 Å². The van der Waals surface area contributed by atoms with Gasteiger partial charge in [-0.3, -0.25) is 9.59 Å². The minimum atomic E-state index is -0.776. The number of hydrogen-bond donors (Lipinski definition) is 1. The fourth-order valence-corrected chi connectivity index (χ4v) is 4.69. The summed E-state index contributed by atoms with van der Waals surface area (Å²) in [5.74, 6) is -0.681. The second-order valence-electron chi connectivity index (χ2n) is 6.72. The van der Waals surface area contributed by atoms with Crippen LogP contribution in [0.15, 0.2) is 6.20 Å². The maximum atomic E-state index is 12.7. The van der Waals surface area contributed by atoms with Gasteiger partial charge in [0.2, 0.25) is 0 Å². The number of rotatable bonds is 4. The highest BCUT2D eigenvalue weighted by atomic mass is 32.1. The van der Waals surface area contributed by atoms with E-state index in [1.165, 1.54) is 11.3 Å². The van der Waals surface area contributed by atoms with Crippen LogP contribution in [0.1, 0.15) is 46.5 Å². The lowest BCUT2D eigenvalue weighted by Gasteiger charge is -2.14. The molecule has 7 heteroatoms. The molecule has 1 aromatic rings. The number of aliphatic carboxylic acids is 1. The monoisotopic (exact) mass is 336 g/mol. The molecule has 6 nitrogen and oxygen atoms in total. The van der Waals surface area contributed by atoms with Gasteiger partial charge in [-0.25, -0.2) is 4.98 Å². The van der Waals surface area contributed by atoms with Crippen molar-refractivity contribution in [3.8, 4) is 0 Å². The van der Waals surface area contributed by atoms with Gasteiger partial charge in [0.05, 0.1) is 12.1 Å². The summed E-state index contributed by atoms with van der Waals surface area (Å²) in [4.78, 5) is 30.8. The van der Waals surface area contributed by atoms with E-state index in [4.69, 9.17) is 4.74 Å². The van der Waals surface area contributed by atoms with Gasteiger partial charge >= 0.3 is 5.97 Å². The van der Waals surface area contributed by atoms with Crippen molar-refractivity contribution < 1.29 is 19.4 Å². The average molecular weight is 336 g/mol. The lowest BCUT2D eigenvalue weighted by Crippen LogP contribution is -2.29. The van der Waals surface area contributed by atoms with Crippen LogP contribution >= 0.6 is 11.3 Å². The van der Waals surface area contributed by atoms with Gasteiger partial charge in [-0.05, 0) is 37.5 Å². The highest BCUT2D eigenvalue weighted by Gasteiger charge is 2.47. The Morgan fingerprint density at radius 1 is 1.30 bits per heavy atom. The molecule has 1 saturated carbocycles. The molecule has 3 aliphatic rings. The third-order valence-corrected chi connectivity index (χ3v) is 6.21. The largest absolute Gasteiger partial charge is 0.481 e. The van der Waals surface area contributed by atoms with Crippen molar-refractivity contribution in [2.45, 2.75) is 31.8 Å². The Bertz CT molecular complexity index is 621. The predicted octanol–water partition coefficient (Wildman–Crippen LogP) is 2.18. The third-order valence-electron chi connectivity index (χ3n) is 5.14. The number of carbonyl (C=O) groups excluding carboxylic acids is 1. The summed E-state index contributed by atoms with van der Waals surface area (Å²) in [6.07, 6.45) is 5.81. The molecule has 3 heterocycles. The first-order chi connectivity index (χ1) is 11.1. The molecule has 3 fully saturated rings. The summed E-state index contributed by atoms with van der Waals surface area (Å²) < 4.78 is 5.61. The molecule has 0 aromatic carbocycles. The van der Waals surface area contributed by atoms with Crippen LogP contribution in [0.25, 0.3) is 0 Å². The zero-order valence-electron chi connectivity index (χ0n) is 12.8. The second kappa shape index (κ2) is 5.87. The fourth-order valence-electron chi connectivity index (χ4n) is 3.72. The lowest BCUT2D eigenvalue weighted by molar-refractivity contribution is -0.142. The van der Waals surface area contributed by atoms with Crippen LogP contribution in [-0.2, 0) is 9.53 Å². The summed E-state index contributed by atoms with van der Waals surface area (Å²) in [6, 6.07) is 0. The molecule has 23 heavy (non-hydrogen) atoms. The van der Waals surface area contributed by atoms with Crippen molar-refractivity contribution in [3.63, 3.8) is 0 Å². The van der Waals surface area contributed by atoms with E-state index in [9.17, 15) is 14.7 Å². The molecule has 2 saturated heterocycles. The molecule has 0 radical (unpaired) electrons. The molecule has 1 unspecified atom stereocenters. The maximum Gasteiger partial charge on any atom is 0.308 e. The molecule has 3 atom stereocenters. The predicted molar refractivity (Wildman–Crippen MR) is 83.3 cm³/mol. The van der Waals surface area contributed by atoms with E-state index >= 15 is 0 Å². The number of amides is 1. The summed E-state index contributed by atoms with van der Waals surface area (Å²) in [5.41, 5.74) is 0. The summed E-state index contributed by atoms with van der Waals surface area (Å²) in [7, 11) is 0. The van der Waals surface area contributed by atoms with E-state index in [1.54, 1.807) is 11.1 Å². The first-order valence-electron chi connectivity index (χ1n) is 8.23. The number of carboxylic acid groups (broad SMARTS) is 1. The summed E-state index contributed by atoms with van der Waals surface area (Å²) >= 11 is 1.39. The van der Waals surface area contributed by atoms with E-state index < -0.39 is 11.9 Å². The standard InChI is InChI=1S/C16H20N2O4S/c19-15(13-6-17-14(23-13)12-2-1-5-22-12)18-7-10(9-3-4-9)11(8-18)16(20)21/h6,9-12H,1-5,7-8H2,(H,20,21)/t10-,11+,12?/m1/s1. The number of aromatic nitrogens is 1. The van der Waals surface area contributed by atoms with Gasteiger partial charge in [-0.2, -0.15) is 0 Å². The summed E-state index contributed by atoms with van der Waals surface area (Å²) in [5, 5.41) is 10.3. The van der Waals surface area contributed by atoms with Crippen molar-refractivity contribution in [2.24, 2.45) is 17.8 Å². The van der Waals surface area contributed by atoms with Gasteiger partial charge in [0.15, 0.2) is 0 Å². The number of nitrogens with zero attached hydrogens (tertiary/aromatic N) is 2. The van der Waals surface area contributed by atoms with Gasteiger partial charge in [0.1, 0.15) is 16.0 Å². The molecule has 124 valence electrons. The minimum absolute atomic E-state index is 0.0195. The van der Waals surface area contributed by atoms with Crippen LogP contribution in [0.4, 0.5) is 0 Å². The van der Waals surface area contributed by atoms with Crippen LogP contribution in [-0.4, -0.2) is 46.6 Å². The van der Waals surface area contributed by atoms with Gasteiger partial charge in [0.25, 0.3) is 5.91 Å². The van der Waals surface area contributed by atoms with Crippen molar-refractivity contribution in [1.82, 2.24) is 9.88 Å². The maximum absolute atomic E-state index is 12.7. The second-order valence-corrected chi connectivity index (χ2v) is 7.78. The number of hydrogen-bond acceptors (Lipinski definition) is 5. The van der Waals surface area contributed by atoms with E-state index in [0.29, 0.717) is 23.9 Å². The van der Waals surface area contributed by atoms with Crippen LogP contribution in [0.3, 0.4) is 0 Å². The average Bonchev–Trinajstić information content (AvgIpc) is 3.03. The zero-order chi connectivity index (χ0) is 16.0. The topological polar surface area (TPSA) is 79.7 Å². The Labute approximate surface area is 138 Å². The zero-order valence-corrected chi connectivity index (χ0v) is 13.6. The third kappa shape index (κ3) is 2.87. The molecule has 1 aliphatic carbocycles. The molecule has 0 spiro atoms. The first kappa shape index (κ1) is 15.1. The normalized spacial score (nSPS) is 30.8. The van der Waals surface area contributed by atoms with Crippen LogP contribution in [0.5, 0.6) is 0 Å². The molecule has 1 N–H and O–H groups in total. The highest BCUT2D eigenvalue weighted by Crippen LogP contribution is 2.44. The molecule has 1 aromatic heterocycles. The van der Waals surface area contributed by atoms with Crippen molar-refractivity contribution in [2.75, 3.05) is 19.7 Å². The number of carboxylic acids is 1. The lowest BCUT2D eigenvalue weighted by atomic mass is 9.92. The van der Waals surface area contributed by atoms with E-state index in [-0.39, 0.29) is 17.9 Å². The SMILES string of the molecule is O=C(O)[C@H]1CN(C(=O)c2cnc(C3CCCO3)s2)C[C@@H]1C1CC1. The van der Waals surface area contributed by atoms with Crippen LogP contribution in [0, 0.1) is 17.8 Å². The van der Waals surface area contributed by atoms with Crippen molar-refractivity contribution >= 4 is 23.2 Å². The molecular weight excluding hydrogens is 316 g/mol. The van der Waals surface area contributed by atoms with Crippen molar-refractivity contribution in [3.05, 3.63) is 16.1 Å². The smallest absolute Gasteiger partial charge is 0.308 e. The van der Waals surface area contributed by atoms with Gasteiger partial charge < -0.3 is 14.7 Å². The molecule has 1 amide bonds. The summed E-state index contributed by atoms with van der Waals surface area (Å²) in [6.45, 7) is 1.64. The molecule has 0 bridgehead atoms. The quantitative estimate of drug-likeness (QED) is 0.911. The van der Waals surface area contributed by atoms with Gasteiger partial charge in [0, 0.05) is 19.7 Å². The Morgan fingerprint density at radius 3 is 2.78 bits per heavy atom. The van der Waals surface area contributed by atoms with Crippen molar-refractivity contribution in [1.29, 1.82) is 0 Å². The Morgan fingerprint density at radius 2 is 2.13 bits per heavy atom. The van der Waals surface area contributed by atoms with Crippen LogP contribution < -0.4 is 0 Å². The number of ether oxygens (including phenoxy) is 1. The number of thiazole rings is 1. The van der Waals surface area contributed by atoms with Crippen LogP contribution in [0.2, 0.25) is 0 Å². The number of likely N-dealkylation sites (tertiary alicyclic amines) is 1. The molecule has 4 rings (SSSR count). The minimum Gasteiger partial charge on any atom is -0.481 e. The highest BCUT2D eigenvalue weighted by molar-refractivity contribution is 7.13.